The minimum atomic E-state index is -2.14. The monoisotopic (exact) mass is 245 g/mol. The van der Waals surface area contributed by atoms with Crippen LogP contribution in [0.15, 0.2) is 18.3 Å². The zero-order chi connectivity index (χ0) is 10.2. The minimum Gasteiger partial charge on any atom is -0.420 e. The molecular weight excluding hydrogens is 230 g/mol. The number of aromatic amines is 1. The molecule has 4 nitrogen and oxygen atoms in total. The molecule has 1 saturated heterocycles. The molecule has 2 unspecified atom stereocenters. The Hall–Kier alpha value is -0.189. The summed E-state index contributed by atoms with van der Waals surface area (Å²) in [5, 5.41) is 1.11. The molecule has 0 aromatic carbocycles. The predicted molar refractivity (Wildman–Crippen MR) is 61.3 cm³/mol. The summed E-state index contributed by atoms with van der Waals surface area (Å²) in [5.74, 6) is 0. The first-order valence-electron chi connectivity index (χ1n) is 4.75. The Bertz CT molecular complexity index is 295. The molecule has 1 fully saturated rings. The number of nitrogens with one attached hydrogen (secondary N) is 1. The average Bonchev–Trinajstić information content (AvgIpc) is 2.52. The van der Waals surface area contributed by atoms with Crippen molar-refractivity contribution in [3.63, 3.8) is 0 Å². The largest absolute Gasteiger partial charge is 0.420 e. The van der Waals surface area contributed by atoms with Crippen molar-refractivity contribution in [2.75, 3.05) is 0 Å². The van der Waals surface area contributed by atoms with E-state index < -0.39 is 27.1 Å². The number of aromatic nitrogens is 1. The lowest BCUT2D eigenvalue weighted by molar-refractivity contribution is 0.279. The highest BCUT2D eigenvalue weighted by molar-refractivity contribution is 6.90. The molecule has 2 atom stereocenters. The molecule has 0 aliphatic carbocycles. The zero-order valence-electron chi connectivity index (χ0n) is 8.61. The molecule has 0 saturated carbocycles. The lowest BCUT2D eigenvalue weighted by Crippen LogP contribution is -2.62. The first-order valence-corrected chi connectivity index (χ1v) is 11.3. The first kappa shape index (κ1) is 10.3. The third-order valence-electron chi connectivity index (χ3n) is 2.25. The molecule has 1 aromatic heterocycles. The van der Waals surface area contributed by atoms with Gasteiger partial charge in [0.15, 0.2) is 0 Å². The molecule has 1 aromatic rings. The third kappa shape index (κ3) is 1.92. The molecule has 2 heterocycles. The van der Waals surface area contributed by atoms with E-state index >= 15 is 0 Å². The Morgan fingerprint density at radius 2 is 1.93 bits per heavy atom. The number of hydrogen-bond acceptors (Lipinski definition) is 3. The van der Waals surface area contributed by atoms with Gasteiger partial charge in [0.2, 0.25) is 0 Å². The molecular formula is C7H15NO3Si3. The second kappa shape index (κ2) is 3.76. The van der Waals surface area contributed by atoms with Crippen LogP contribution >= 0.6 is 0 Å². The smallest absolute Gasteiger partial charge is 0.368 e. The Morgan fingerprint density at radius 1 is 1.29 bits per heavy atom. The van der Waals surface area contributed by atoms with Crippen molar-refractivity contribution in [3.8, 4) is 0 Å². The number of H-pyrrole nitrogens is 1. The van der Waals surface area contributed by atoms with Crippen molar-refractivity contribution in [1.82, 2.24) is 4.98 Å². The summed E-state index contributed by atoms with van der Waals surface area (Å²) in [5.41, 5.74) is 0. The van der Waals surface area contributed by atoms with E-state index in [0.717, 1.165) is 5.32 Å². The molecule has 0 amide bonds. The molecule has 78 valence electrons. The summed E-state index contributed by atoms with van der Waals surface area (Å²) in [6.45, 7) is 6.23. The van der Waals surface area contributed by atoms with Crippen LogP contribution in [0.25, 0.3) is 0 Å². The van der Waals surface area contributed by atoms with Crippen molar-refractivity contribution in [3.05, 3.63) is 18.3 Å². The normalized spacial score (nSPS) is 38.5. The van der Waals surface area contributed by atoms with Crippen molar-refractivity contribution in [1.29, 1.82) is 0 Å². The fourth-order valence-corrected chi connectivity index (χ4v) is 12.9. The standard InChI is InChI=1S/C7H15NO3Si3/c1-12-9-13(2)11-14(3,10-12)7-5-4-6-8-7/h4-6,8,12-13H,1-3H3. The molecule has 14 heavy (non-hydrogen) atoms. The van der Waals surface area contributed by atoms with Gasteiger partial charge in [-0.3, -0.25) is 0 Å². The van der Waals surface area contributed by atoms with Gasteiger partial charge in [-0.15, -0.1) is 0 Å². The van der Waals surface area contributed by atoms with Crippen LogP contribution in [-0.4, -0.2) is 32.1 Å². The number of rotatable bonds is 1. The van der Waals surface area contributed by atoms with Gasteiger partial charge in [-0.05, 0) is 31.8 Å². The van der Waals surface area contributed by atoms with Crippen LogP contribution in [0.1, 0.15) is 0 Å². The van der Waals surface area contributed by atoms with Crippen LogP contribution in [0.3, 0.4) is 0 Å². The second-order valence-corrected chi connectivity index (χ2v) is 11.2. The minimum absolute atomic E-state index is 1.11. The van der Waals surface area contributed by atoms with Gasteiger partial charge in [0.05, 0.1) is 5.32 Å². The highest BCUT2D eigenvalue weighted by Crippen LogP contribution is 2.17. The fraction of sp³-hybridized carbons (Fsp3) is 0.429. The summed E-state index contributed by atoms with van der Waals surface area (Å²) in [4.78, 5) is 3.19. The van der Waals surface area contributed by atoms with E-state index in [0.29, 0.717) is 0 Å². The van der Waals surface area contributed by atoms with E-state index in [4.69, 9.17) is 12.3 Å². The average molecular weight is 245 g/mol. The molecule has 1 aliphatic rings. The summed E-state index contributed by atoms with van der Waals surface area (Å²) in [6, 6.07) is 4.02. The molecule has 7 heteroatoms. The van der Waals surface area contributed by atoms with Gasteiger partial charge in [0, 0.05) is 6.20 Å². The highest BCUT2D eigenvalue weighted by atomic mass is 28.5. The van der Waals surface area contributed by atoms with Crippen LogP contribution in [0, 0.1) is 0 Å². The van der Waals surface area contributed by atoms with Crippen LogP contribution in [-0.2, 0) is 12.3 Å². The summed E-state index contributed by atoms with van der Waals surface area (Å²) in [6.07, 6.45) is 1.91. The van der Waals surface area contributed by atoms with Gasteiger partial charge in [-0.1, -0.05) is 0 Å². The zero-order valence-corrected chi connectivity index (χ0v) is 11.9. The Labute approximate surface area is 88.1 Å². The quantitative estimate of drug-likeness (QED) is 0.712. The SMILES string of the molecule is C[SiH]1O[SiH](C)O[Si](C)(c2ccc[nH]2)O1. The van der Waals surface area contributed by atoms with Crippen LogP contribution < -0.4 is 5.32 Å². The predicted octanol–water partition coefficient (Wildman–Crippen LogP) is 0.0577. The van der Waals surface area contributed by atoms with Crippen molar-refractivity contribution >= 4 is 32.4 Å². The summed E-state index contributed by atoms with van der Waals surface area (Å²) in [7, 11) is -5.03. The topological polar surface area (TPSA) is 43.5 Å². The summed E-state index contributed by atoms with van der Waals surface area (Å²) >= 11 is 0. The summed E-state index contributed by atoms with van der Waals surface area (Å²) < 4.78 is 17.5. The maximum atomic E-state index is 5.93. The molecule has 1 N–H and O–H groups in total. The van der Waals surface area contributed by atoms with Crippen molar-refractivity contribution in [2.45, 2.75) is 19.6 Å². The maximum Gasteiger partial charge on any atom is 0.368 e. The molecule has 2 rings (SSSR count). The Balaban J connectivity index is 2.22. The molecule has 0 radical (unpaired) electrons. The van der Waals surface area contributed by atoms with Crippen molar-refractivity contribution < 1.29 is 12.3 Å². The van der Waals surface area contributed by atoms with Crippen LogP contribution in [0.5, 0.6) is 0 Å². The molecule has 0 spiro atoms. The van der Waals surface area contributed by atoms with Gasteiger partial charge < -0.3 is 17.3 Å². The third-order valence-corrected chi connectivity index (χ3v) is 12.9. The first-order chi connectivity index (χ1) is 6.60. The van der Waals surface area contributed by atoms with E-state index in [2.05, 4.69) is 24.6 Å². The fourth-order valence-electron chi connectivity index (χ4n) is 1.73. The Morgan fingerprint density at radius 3 is 2.43 bits per heavy atom. The van der Waals surface area contributed by atoms with E-state index in [1.165, 1.54) is 0 Å². The van der Waals surface area contributed by atoms with Gasteiger partial charge in [-0.2, -0.15) is 0 Å². The van der Waals surface area contributed by atoms with Gasteiger partial charge >= 0.3 is 27.1 Å². The Kier molecular flexibility index (Phi) is 2.77. The van der Waals surface area contributed by atoms with E-state index in [-0.39, 0.29) is 0 Å². The van der Waals surface area contributed by atoms with Gasteiger partial charge in [0.25, 0.3) is 0 Å². The second-order valence-electron chi connectivity index (χ2n) is 3.54. The van der Waals surface area contributed by atoms with Crippen LogP contribution in [0.4, 0.5) is 0 Å². The highest BCUT2D eigenvalue weighted by Gasteiger charge is 2.43. The lowest BCUT2D eigenvalue weighted by atomic mass is 10.7. The lowest BCUT2D eigenvalue weighted by Gasteiger charge is -2.37. The van der Waals surface area contributed by atoms with Crippen LogP contribution in [0.2, 0.25) is 19.6 Å². The van der Waals surface area contributed by atoms with Gasteiger partial charge in [-0.25, -0.2) is 0 Å². The van der Waals surface area contributed by atoms with Crippen molar-refractivity contribution in [2.24, 2.45) is 0 Å². The number of hydrogen-bond donors (Lipinski definition) is 1. The maximum absolute atomic E-state index is 5.93. The van der Waals surface area contributed by atoms with E-state index in [1.807, 2.05) is 18.3 Å². The van der Waals surface area contributed by atoms with E-state index in [1.54, 1.807) is 0 Å². The van der Waals surface area contributed by atoms with Gasteiger partial charge in [0.1, 0.15) is 0 Å². The molecule has 0 bridgehead atoms. The molecule has 1 aliphatic heterocycles. The van der Waals surface area contributed by atoms with E-state index in [9.17, 15) is 0 Å².